The Kier molecular flexibility index (Phi) is 6.68. The van der Waals surface area contributed by atoms with Gasteiger partial charge in [0, 0.05) is 62.3 Å². The number of benzene rings is 1. The van der Waals surface area contributed by atoms with Gasteiger partial charge >= 0.3 is 0 Å². The van der Waals surface area contributed by atoms with Crippen LogP contribution in [0.25, 0.3) is 0 Å². The van der Waals surface area contributed by atoms with E-state index in [4.69, 9.17) is 17.3 Å². The van der Waals surface area contributed by atoms with Gasteiger partial charge in [0.2, 0.25) is 11.8 Å². The Labute approximate surface area is 164 Å². The second-order valence-corrected chi connectivity index (χ2v) is 7.72. The average molecular weight is 397 g/mol. The molecule has 2 saturated heterocycles. The first kappa shape index (κ1) is 20.0. The summed E-state index contributed by atoms with van der Waals surface area (Å²) in [6.07, 6.45) is 1.30. The number of nitrogens with two attached hydrogens (primary N) is 1. The highest BCUT2D eigenvalue weighted by Crippen LogP contribution is 2.21. The van der Waals surface area contributed by atoms with Crippen molar-refractivity contribution in [1.29, 1.82) is 0 Å². The lowest BCUT2D eigenvalue weighted by Crippen LogP contribution is -2.51. The Morgan fingerprint density at radius 3 is 2.30 bits per heavy atom. The molecule has 2 fully saturated rings. The molecule has 1 aromatic carbocycles. The molecule has 0 bridgehead atoms. The third-order valence-corrected chi connectivity index (χ3v) is 5.87. The zero-order chi connectivity index (χ0) is 19.4. The van der Waals surface area contributed by atoms with Gasteiger partial charge in [-0.1, -0.05) is 17.7 Å². The van der Waals surface area contributed by atoms with Gasteiger partial charge in [0.1, 0.15) is 5.82 Å². The van der Waals surface area contributed by atoms with Gasteiger partial charge in [-0.15, -0.1) is 0 Å². The van der Waals surface area contributed by atoms with E-state index in [1.54, 1.807) is 12.1 Å². The van der Waals surface area contributed by atoms with Crippen LogP contribution in [0.5, 0.6) is 0 Å². The average Bonchev–Trinajstić information content (AvgIpc) is 2.66. The number of amides is 2. The van der Waals surface area contributed by atoms with Gasteiger partial charge in [0.15, 0.2) is 0 Å². The molecule has 2 aliphatic rings. The number of halogens is 2. The van der Waals surface area contributed by atoms with Crippen LogP contribution in [0.2, 0.25) is 5.02 Å². The molecule has 1 aromatic rings. The molecule has 8 heteroatoms. The number of carbonyl (C=O) groups is 2. The summed E-state index contributed by atoms with van der Waals surface area (Å²) in [7, 11) is 0. The molecule has 3 rings (SSSR count). The largest absolute Gasteiger partial charge is 0.369 e. The predicted octanol–water partition coefficient (Wildman–Crippen LogP) is 1.32. The van der Waals surface area contributed by atoms with E-state index >= 15 is 0 Å². The van der Waals surface area contributed by atoms with Crippen molar-refractivity contribution >= 4 is 23.4 Å². The SMILES string of the molecule is NC(=O)C1CCN(C(=O)CN2CCN(Cc3c(F)cccc3Cl)CC2)CC1. The highest BCUT2D eigenvalue weighted by Gasteiger charge is 2.27. The van der Waals surface area contributed by atoms with Crippen molar-refractivity contribution in [3.8, 4) is 0 Å². The van der Waals surface area contributed by atoms with Crippen LogP contribution in [0.3, 0.4) is 0 Å². The van der Waals surface area contributed by atoms with Gasteiger partial charge in [-0.3, -0.25) is 19.4 Å². The molecule has 0 atom stereocenters. The number of carbonyl (C=O) groups excluding carboxylic acids is 2. The summed E-state index contributed by atoms with van der Waals surface area (Å²) in [6, 6.07) is 4.74. The fraction of sp³-hybridized carbons (Fsp3) is 0.579. The van der Waals surface area contributed by atoms with Gasteiger partial charge in [-0.25, -0.2) is 4.39 Å². The lowest BCUT2D eigenvalue weighted by Gasteiger charge is -2.36. The van der Waals surface area contributed by atoms with Crippen molar-refractivity contribution in [2.45, 2.75) is 19.4 Å². The maximum atomic E-state index is 13.9. The van der Waals surface area contributed by atoms with Gasteiger partial charge in [0.25, 0.3) is 0 Å². The van der Waals surface area contributed by atoms with E-state index in [0.717, 1.165) is 26.2 Å². The minimum atomic E-state index is -0.278. The molecule has 0 unspecified atom stereocenters. The lowest BCUT2D eigenvalue weighted by atomic mass is 9.96. The maximum Gasteiger partial charge on any atom is 0.236 e. The van der Waals surface area contributed by atoms with Crippen LogP contribution in [0.1, 0.15) is 18.4 Å². The molecule has 0 aromatic heterocycles. The van der Waals surface area contributed by atoms with E-state index < -0.39 is 0 Å². The summed E-state index contributed by atoms with van der Waals surface area (Å²) >= 11 is 6.11. The Morgan fingerprint density at radius 1 is 1.07 bits per heavy atom. The van der Waals surface area contributed by atoms with Gasteiger partial charge in [-0.2, -0.15) is 0 Å². The monoisotopic (exact) mass is 396 g/mol. The van der Waals surface area contributed by atoms with E-state index in [2.05, 4.69) is 9.80 Å². The quantitative estimate of drug-likeness (QED) is 0.815. The van der Waals surface area contributed by atoms with Crippen molar-refractivity contribution < 1.29 is 14.0 Å². The summed E-state index contributed by atoms with van der Waals surface area (Å²) in [5, 5.41) is 0.451. The Bertz CT molecular complexity index is 666. The Hall–Kier alpha value is -1.70. The van der Waals surface area contributed by atoms with Crippen molar-refractivity contribution in [2.24, 2.45) is 11.7 Å². The Morgan fingerprint density at radius 2 is 1.70 bits per heavy atom. The molecular weight excluding hydrogens is 371 g/mol. The molecule has 2 amide bonds. The zero-order valence-corrected chi connectivity index (χ0v) is 16.1. The number of likely N-dealkylation sites (tertiary alicyclic amines) is 1. The number of hydrogen-bond donors (Lipinski definition) is 1. The molecule has 2 N–H and O–H groups in total. The van der Waals surface area contributed by atoms with Crippen LogP contribution < -0.4 is 5.73 Å². The number of nitrogens with zero attached hydrogens (tertiary/aromatic N) is 3. The van der Waals surface area contributed by atoms with Gasteiger partial charge in [-0.05, 0) is 25.0 Å². The molecule has 0 radical (unpaired) electrons. The standard InChI is InChI=1S/C19H26ClFN4O2/c20-16-2-1-3-17(21)15(16)12-23-8-10-24(11-9-23)13-18(26)25-6-4-14(5-7-25)19(22)27/h1-3,14H,4-13H2,(H2,22,27). The summed E-state index contributed by atoms with van der Waals surface area (Å²) < 4.78 is 13.9. The number of primary amides is 1. The van der Waals surface area contributed by atoms with Crippen LogP contribution in [0, 0.1) is 11.7 Å². The second kappa shape index (κ2) is 8.99. The molecule has 2 aliphatic heterocycles. The third kappa shape index (κ3) is 5.18. The summed E-state index contributed by atoms with van der Waals surface area (Å²) in [6.45, 7) is 5.11. The molecule has 6 nitrogen and oxygen atoms in total. The van der Waals surface area contributed by atoms with E-state index in [-0.39, 0.29) is 23.5 Å². The van der Waals surface area contributed by atoms with Crippen molar-refractivity contribution in [2.75, 3.05) is 45.8 Å². The topological polar surface area (TPSA) is 69.9 Å². The summed E-state index contributed by atoms with van der Waals surface area (Å²) in [5.41, 5.74) is 5.87. The van der Waals surface area contributed by atoms with E-state index in [0.29, 0.717) is 49.6 Å². The molecule has 148 valence electrons. The molecule has 0 aliphatic carbocycles. The van der Waals surface area contributed by atoms with Crippen molar-refractivity contribution in [3.05, 3.63) is 34.6 Å². The van der Waals surface area contributed by atoms with Crippen LogP contribution in [0.15, 0.2) is 18.2 Å². The minimum Gasteiger partial charge on any atom is -0.369 e. The normalized spacial score (nSPS) is 20.0. The van der Waals surface area contributed by atoms with Gasteiger partial charge in [0.05, 0.1) is 6.54 Å². The van der Waals surface area contributed by atoms with Crippen molar-refractivity contribution in [1.82, 2.24) is 14.7 Å². The summed E-state index contributed by atoms with van der Waals surface area (Å²) in [4.78, 5) is 29.8. The van der Waals surface area contributed by atoms with Gasteiger partial charge < -0.3 is 10.6 Å². The van der Waals surface area contributed by atoms with Crippen molar-refractivity contribution in [3.63, 3.8) is 0 Å². The second-order valence-electron chi connectivity index (χ2n) is 7.31. The summed E-state index contributed by atoms with van der Waals surface area (Å²) in [5.74, 6) is -0.557. The zero-order valence-electron chi connectivity index (χ0n) is 15.4. The van der Waals surface area contributed by atoms with E-state index in [1.165, 1.54) is 6.07 Å². The molecule has 2 heterocycles. The number of piperidine rings is 1. The number of hydrogen-bond acceptors (Lipinski definition) is 4. The minimum absolute atomic E-state index is 0.100. The molecule has 0 saturated carbocycles. The van der Waals surface area contributed by atoms with Crippen LogP contribution in [0.4, 0.5) is 4.39 Å². The first-order chi connectivity index (χ1) is 12.9. The first-order valence-corrected chi connectivity index (χ1v) is 9.76. The Balaban J connectivity index is 1.43. The fourth-order valence-corrected chi connectivity index (χ4v) is 3.94. The molecule has 27 heavy (non-hydrogen) atoms. The highest BCUT2D eigenvalue weighted by molar-refractivity contribution is 6.31. The lowest BCUT2D eigenvalue weighted by molar-refractivity contribution is -0.136. The predicted molar refractivity (Wildman–Crippen MR) is 102 cm³/mol. The van der Waals surface area contributed by atoms with Crippen LogP contribution >= 0.6 is 11.6 Å². The molecule has 0 spiro atoms. The highest BCUT2D eigenvalue weighted by atomic mass is 35.5. The van der Waals surface area contributed by atoms with Crippen LogP contribution in [-0.2, 0) is 16.1 Å². The number of rotatable bonds is 5. The third-order valence-electron chi connectivity index (χ3n) is 5.52. The fourth-order valence-electron chi connectivity index (χ4n) is 3.72. The van der Waals surface area contributed by atoms with E-state index in [1.807, 2.05) is 4.90 Å². The van der Waals surface area contributed by atoms with Crippen LogP contribution in [-0.4, -0.2) is 72.3 Å². The first-order valence-electron chi connectivity index (χ1n) is 9.38. The van der Waals surface area contributed by atoms with E-state index in [9.17, 15) is 14.0 Å². The molecular formula is C19H26ClFN4O2. The smallest absolute Gasteiger partial charge is 0.236 e. The maximum absolute atomic E-state index is 13.9. The number of piperazine rings is 1.